The largest absolute Gasteiger partial charge is 0.496 e. The van der Waals surface area contributed by atoms with Crippen molar-refractivity contribution in [3.63, 3.8) is 0 Å². The zero-order valence-corrected chi connectivity index (χ0v) is 18.9. The number of ketones is 2. The summed E-state index contributed by atoms with van der Waals surface area (Å²) in [5.74, 6) is -2.57. The van der Waals surface area contributed by atoms with Crippen molar-refractivity contribution in [1.29, 1.82) is 0 Å². The van der Waals surface area contributed by atoms with Crippen molar-refractivity contribution in [2.24, 2.45) is 5.92 Å². The van der Waals surface area contributed by atoms with Crippen molar-refractivity contribution in [2.45, 2.75) is 32.0 Å². The summed E-state index contributed by atoms with van der Waals surface area (Å²) in [7, 11) is 4.01. The van der Waals surface area contributed by atoms with Crippen LogP contribution < -0.4 is 20.3 Å². The van der Waals surface area contributed by atoms with E-state index in [4.69, 9.17) is 30.5 Å². The molecule has 10 nitrogen and oxygen atoms in total. The summed E-state index contributed by atoms with van der Waals surface area (Å²) in [5, 5.41) is -0.155. The lowest BCUT2D eigenvalue weighted by Crippen LogP contribution is -2.51. The van der Waals surface area contributed by atoms with E-state index in [2.05, 4.69) is 10.9 Å². The average Bonchev–Trinajstić information content (AvgIpc) is 3.09. The molecule has 0 saturated heterocycles. The van der Waals surface area contributed by atoms with Crippen LogP contribution in [0.3, 0.4) is 0 Å². The van der Waals surface area contributed by atoms with Gasteiger partial charge in [0.1, 0.15) is 17.4 Å². The molecule has 0 bridgehead atoms. The second kappa shape index (κ2) is 8.79. The van der Waals surface area contributed by atoms with Gasteiger partial charge in [-0.15, -0.1) is 0 Å². The highest BCUT2D eigenvalue weighted by Gasteiger charge is 2.59. The quantitative estimate of drug-likeness (QED) is 0.626. The van der Waals surface area contributed by atoms with Crippen molar-refractivity contribution in [2.75, 3.05) is 21.3 Å². The van der Waals surface area contributed by atoms with Crippen molar-refractivity contribution < 1.29 is 38.1 Å². The number of amides is 2. The minimum atomic E-state index is -1.61. The lowest BCUT2D eigenvalue weighted by Gasteiger charge is -2.36. The monoisotopic (exact) mass is 466 g/mol. The first-order valence-electron chi connectivity index (χ1n) is 9.68. The maximum Gasteiger partial charge on any atom is 0.271 e. The fourth-order valence-electron chi connectivity index (χ4n) is 3.73. The molecular weight excluding hydrogens is 444 g/mol. The third-order valence-electron chi connectivity index (χ3n) is 5.58. The number of hydrogen-bond donors (Lipinski definition) is 2. The van der Waals surface area contributed by atoms with Gasteiger partial charge in [-0.25, -0.2) is 0 Å². The molecule has 2 aliphatic rings. The lowest BCUT2D eigenvalue weighted by molar-refractivity contribution is -0.130. The molecule has 1 aromatic carbocycles. The Balaban J connectivity index is 2.03. The van der Waals surface area contributed by atoms with Gasteiger partial charge < -0.3 is 18.9 Å². The van der Waals surface area contributed by atoms with Crippen LogP contribution in [0.1, 0.15) is 41.0 Å². The number of fused-ring (bicyclic) bond motifs is 1. The summed E-state index contributed by atoms with van der Waals surface area (Å²) in [4.78, 5) is 50.1. The Hall–Kier alpha value is -3.11. The van der Waals surface area contributed by atoms with E-state index in [0.717, 1.165) is 0 Å². The van der Waals surface area contributed by atoms with Crippen LogP contribution in [-0.4, -0.2) is 56.4 Å². The number of allylic oxidation sites excluding steroid dienone is 1. The van der Waals surface area contributed by atoms with Gasteiger partial charge in [-0.3, -0.25) is 30.0 Å². The van der Waals surface area contributed by atoms with E-state index < -0.39 is 35.2 Å². The van der Waals surface area contributed by atoms with E-state index in [-0.39, 0.29) is 45.6 Å². The highest BCUT2D eigenvalue weighted by Crippen LogP contribution is 2.52. The molecule has 1 aliphatic heterocycles. The Bertz CT molecular complexity index is 1040. The van der Waals surface area contributed by atoms with Gasteiger partial charge >= 0.3 is 0 Å². The smallest absolute Gasteiger partial charge is 0.271 e. The van der Waals surface area contributed by atoms with Gasteiger partial charge in [-0.05, 0) is 13.0 Å². The van der Waals surface area contributed by atoms with Gasteiger partial charge in [-0.2, -0.15) is 0 Å². The summed E-state index contributed by atoms with van der Waals surface area (Å²) >= 11 is 6.46. The van der Waals surface area contributed by atoms with E-state index in [1.54, 1.807) is 6.92 Å². The van der Waals surface area contributed by atoms with Crippen LogP contribution in [0.4, 0.5) is 0 Å². The molecular formula is C21H23ClN2O8. The maximum atomic E-state index is 13.5. The fourth-order valence-corrected chi connectivity index (χ4v) is 4.01. The number of rotatable bonds is 5. The van der Waals surface area contributed by atoms with Crippen molar-refractivity contribution in [3.8, 4) is 11.5 Å². The Morgan fingerprint density at radius 3 is 2.50 bits per heavy atom. The van der Waals surface area contributed by atoms with Gasteiger partial charge in [0.05, 0.1) is 24.8 Å². The molecule has 3 rings (SSSR count). The molecule has 2 amide bonds. The number of ether oxygens (including phenoxy) is 4. The molecule has 11 heteroatoms. The molecule has 32 heavy (non-hydrogen) atoms. The van der Waals surface area contributed by atoms with Gasteiger partial charge in [-0.1, -0.05) is 18.5 Å². The van der Waals surface area contributed by atoms with Crippen molar-refractivity contribution in [1.82, 2.24) is 10.9 Å². The third-order valence-corrected chi connectivity index (χ3v) is 5.95. The number of Topliss-reactive ketones (excluding diaryl/α,β-unsaturated/α-hetero) is 1. The highest BCUT2D eigenvalue weighted by atomic mass is 35.5. The van der Waals surface area contributed by atoms with E-state index in [0.29, 0.717) is 0 Å². The van der Waals surface area contributed by atoms with Crippen LogP contribution in [0.25, 0.3) is 0 Å². The first-order valence-corrected chi connectivity index (χ1v) is 10.1. The molecule has 0 saturated carbocycles. The molecule has 1 spiro atoms. The molecule has 0 fully saturated rings. The second-order valence-electron chi connectivity index (χ2n) is 7.42. The predicted octanol–water partition coefficient (Wildman–Crippen LogP) is 1.60. The van der Waals surface area contributed by atoms with Crippen LogP contribution in [0.15, 0.2) is 17.9 Å². The number of benzene rings is 1. The van der Waals surface area contributed by atoms with Gasteiger partial charge in [0.15, 0.2) is 17.3 Å². The summed E-state index contributed by atoms with van der Waals surface area (Å²) < 4.78 is 21.6. The summed E-state index contributed by atoms with van der Waals surface area (Å²) in [5.41, 5.74) is 2.78. The molecule has 0 aromatic heterocycles. The first kappa shape index (κ1) is 23.6. The maximum absolute atomic E-state index is 13.5. The van der Waals surface area contributed by atoms with Gasteiger partial charge in [0, 0.05) is 25.5 Å². The molecule has 2 N–H and O–H groups in total. The molecule has 3 atom stereocenters. The van der Waals surface area contributed by atoms with E-state index in [1.807, 2.05) is 0 Å². The number of carbonyl (C=O) groups is 4. The van der Waals surface area contributed by atoms with Crippen LogP contribution in [0.2, 0.25) is 5.02 Å². The average molecular weight is 467 g/mol. The number of carbonyl (C=O) groups excluding carboxylic acids is 4. The highest BCUT2D eigenvalue weighted by molar-refractivity contribution is 6.37. The molecule has 172 valence electrons. The number of methoxy groups -OCH3 is 3. The Kier molecular flexibility index (Phi) is 6.47. The third kappa shape index (κ3) is 3.59. The Morgan fingerprint density at radius 2 is 1.91 bits per heavy atom. The van der Waals surface area contributed by atoms with Crippen LogP contribution in [0.5, 0.6) is 11.5 Å². The summed E-state index contributed by atoms with van der Waals surface area (Å²) in [6.45, 7) is 3.19. The minimum Gasteiger partial charge on any atom is -0.496 e. The van der Waals surface area contributed by atoms with Crippen LogP contribution in [0, 0.1) is 5.92 Å². The predicted molar refractivity (Wildman–Crippen MR) is 112 cm³/mol. The normalized spacial score (nSPS) is 22.6. The number of halogens is 1. The van der Waals surface area contributed by atoms with Gasteiger partial charge in [0.25, 0.3) is 11.8 Å². The lowest BCUT2D eigenvalue weighted by atomic mass is 9.75. The van der Waals surface area contributed by atoms with E-state index >= 15 is 0 Å². The van der Waals surface area contributed by atoms with Crippen molar-refractivity contribution >= 4 is 35.0 Å². The number of hydrogen-bond acceptors (Lipinski definition) is 8. The van der Waals surface area contributed by atoms with Crippen molar-refractivity contribution in [3.05, 3.63) is 34.1 Å². The Morgan fingerprint density at radius 1 is 1.22 bits per heavy atom. The Labute approximate surface area is 189 Å². The molecule has 1 heterocycles. The van der Waals surface area contributed by atoms with Crippen LogP contribution >= 0.6 is 11.6 Å². The molecule has 1 aromatic rings. The summed E-state index contributed by atoms with van der Waals surface area (Å²) in [6, 6.07) is 1.28. The first-order chi connectivity index (χ1) is 15.1. The van der Waals surface area contributed by atoms with E-state index in [1.165, 1.54) is 40.4 Å². The molecule has 1 aliphatic carbocycles. The number of hydrazine groups is 1. The van der Waals surface area contributed by atoms with Gasteiger partial charge in [0.2, 0.25) is 11.4 Å². The number of nitrogens with one attached hydrogen (secondary N) is 2. The molecule has 0 unspecified atom stereocenters. The topological polar surface area (TPSA) is 129 Å². The second-order valence-corrected chi connectivity index (χ2v) is 7.79. The van der Waals surface area contributed by atoms with E-state index in [9.17, 15) is 19.2 Å². The zero-order valence-electron chi connectivity index (χ0n) is 18.2. The summed E-state index contributed by atoms with van der Waals surface area (Å²) in [6.07, 6.45) is 0.490. The SMILES string of the molecule is COC1=CC(=O)C[C@@H](C)[C@]12Oc1c(Cl)c(C(=O)NNC(=O)[C@H](C)OC)cc(OC)c1C2=O. The zero-order chi connectivity index (χ0) is 23.8. The standard InChI is InChI=1S/C21H23ClN2O8/c1-9-6-11(25)7-14(31-5)21(9)18(26)15-13(30-4)8-12(16(22)17(15)32-21)20(28)24-23-19(27)10(2)29-3/h7-10H,6H2,1-5H3,(H,23,27)(H,24,28)/t9-,10+,21+/m1/s1. The fraction of sp³-hybridized carbons (Fsp3) is 0.429. The minimum absolute atomic E-state index is 0.0373. The van der Waals surface area contributed by atoms with Crippen LogP contribution in [-0.2, 0) is 19.1 Å². The molecule has 0 radical (unpaired) electrons.